The van der Waals surface area contributed by atoms with Crippen LogP contribution >= 0.6 is 0 Å². The second-order valence-corrected chi connectivity index (χ2v) is 18.5. The molecule has 68 heavy (non-hydrogen) atoms. The van der Waals surface area contributed by atoms with Crippen molar-refractivity contribution in [3.8, 4) is 29.3 Å². The van der Waals surface area contributed by atoms with Crippen LogP contribution in [0.1, 0.15) is 105 Å². The number of aromatic amines is 1. The number of ether oxygens (including phenoxy) is 6. The van der Waals surface area contributed by atoms with Gasteiger partial charge in [-0.15, -0.1) is 0 Å². The molecular formula is C53H57N3O12. The summed E-state index contributed by atoms with van der Waals surface area (Å²) in [5.74, 6) is 2.09. The first-order valence-electron chi connectivity index (χ1n) is 23.5. The van der Waals surface area contributed by atoms with Crippen LogP contribution in [0, 0.1) is 12.0 Å². The number of nitrogens with one attached hydrogen (secondary N) is 2. The van der Waals surface area contributed by atoms with Gasteiger partial charge in [-0.05, 0) is 102 Å². The Bertz CT molecular complexity index is 2840. The van der Waals surface area contributed by atoms with Gasteiger partial charge in [0, 0.05) is 61.5 Å². The highest BCUT2D eigenvalue weighted by molar-refractivity contribution is 6.11. The lowest BCUT2D eigenvalue weighted by atomic mass is 9.86. The number of methoxy groups -OCH3 is 2. The van der Waals surface area contributed by atoms with Crippen LogP contribution in [-0.4, -0.2) is 119 Å². The minimum atomic E-state index is -2.45. The Morgan fingerprint density at radius 2 is 1.90 bits per heavy atom. The molecule has 5 heterocycles. The first-order chi connectivity index (χ1) is 33.1. The van der Waals surface area contributed by atoms with Gasteiger partial charge in [0.25, 0.3) is 5.91 Å². The number of fused-ring (bicyclic) bond motifs is 5. The third-order valence-electron chi connectivity index (χ3n) is 14.3. The van der Waals surface area contributed by atoms with E-state index in [2.05, 4.69) is 34.5 Å². The van der Waals surface area contributed by atoms with E-state index in [1.54, 1.807) is 31.4 Å². The molecule has 1 aromatic heterocycles. The van der Waals surface area contributed by atoms with Crippen molar-refractivity contribution in [2.75, 3.05) is 47.1 Å². The smallest absolute Gasteiger partial charge is 0.254 e. The number of aliphatic hydroxyl groups is 3. The zero-order valence-corrected chi connectivity index (χ0v) is 38.2. The summed E-state index contributed by atoms with van der Waals surface area (Å²) in [6.07, 6.45) is 6.67. The van der Waals surface area contributed by atoms with Gasteiger partial charge < -0.3 is 64.0 Å². The van der Waals surface area contributed by atoms with Gasteiger partial charge in [-0.2, -0.15) is 0 Å². The predicted octanol–water partition coefficient (Wildman–Crippen LogP) is 5.92. The summed E-state index contributed by atoms with van der Waals surface area (Å²) in [7, 11) is 3.21. The normalized spacial score (nSPS) is 25.3. The van der Waals surface area contributed by atoms with Crippen molar-refractivity contribution in [3.63, 3.8) is 0 Å². The molecule has 0 unspecified atom stereocenters. The summed E-state index contributed by atoms with van der Waals surface area (Å²) in [5, 5.41) is 53.5. The van der Waals surface area contributed by atoms with E-state index in [-0.39, 0.29) is 60.4 Å². The molecule has 15 nitrogen and oxygen atoms in total. The third kappa shape index (κ3) is 8.27. The molecule has 0 spiro atoms. The average Bonchev–Trinajstić information content (AvgIpc) is 4.10. The number of unbranched alkanes of at least 4 members (excludes halogenated alkanes) is 1. The lowest BCUT2D eigenvalue weighted by Gasteiger charge is -2.47. The summed E-state index contributed by atoms with van der Waals surface area (Å²) >= 11 is 0. The van der Waals surface area contributed by atoms with Gasteiger partial charge in [-0.1, -0.05) is 43.0 Å². The van der Waals surface area contributed by atoms with Crippen LogP contribution in [0.25, 0.3) is 27.8 Å². The fraction of sp³-hybridized carbons (Fsp3) is 0.434. The Morgan fingerprint density at radius 1 is 1.04 bits per heavy atom. The summed E-state index contributed by atoms with van der Waals surface area (Å²) < 4.78 is 37.2. The number of nitrogens with zero attached hydrogens (tertiary/aromatic N) is 1. The van der Waals surface area contributed by atoms with Crippen LogP contribution in [0.3, 0.4) is 0 Å². The van der Waals surface area contributed by atoms with Gasteiger partial charge >= 0.3 is 0 Å². The Balaban J connectivity index is 1.16. The number of ketones is 1. The van der Waals surface area contributed by atoms with Gasteiger partial charge in [0.15, 0.2) is 17.5 Å². The molecule has 5 aromatic rings. The molecule has 4 aromatic carbocycles. The average molecular weight is 928 g/mol. The molecule has 8 bridgehead atoms. The highest BCUT2D eigenvalue weighted by Gasteiger charge is 2.59. The maximum Gasteiger partial charge on any atom is 0.254 e. The highest BCUT2D eigenvalue weighted by Crippen LogP contribution is 2.50. The van der Waals surface area contributed by atoms with Crippen LogP contribution in [0.2, 0.25) is 0 Å². The third-order valence-corrected chi connectivity index (χ3v) is 14.3. The molecule has 5 aliphatic rings. The van der Waals surface area contributed by atoms with Gasteiger partial charge in [-0.3, -0.25) is 9.59 Å². The van der Waals surface area contributed by atoms with Gasteiger partial charge in [-0.25, -0.2) is 0 Å². The number of hydrogen-bond donors (Lipinski definition) is 6. The largest absolute Gasteiger partial charge is 0.506 e. The zero-order valence-electron chi connectivity index (χ0n) is 38.2. The number of phenols is 1. The van der Waals surface area contributed by atoms with Gasteiger partial charge in [0.1, 0.15) is 41.7 Å². The maximum absolute atomic E-state index is 14.9. The van der Waals surface area contributed by atoms with E-state index in [9.17, 15) is 30.0 Å². The highest BCUT2D eigenvalue weighted by atomic mass is 16.7. The molecule has 1 saturated carbocycles. The van der Waals surface area contributed by atoms with Gasteiger partial charge in [0.2, 0.25) is 6.29 Å². The number of benzene rings is 4. The molecule has 1 aliphatic carbocycles. The minimum Gasteiger partial charge on any atom is -0.506 e. The van der Waals surface area contributed by atoms with E-state index in [1.165, 1.54) is 12.0 Å². The van der Waals surface area contributed by atoms with Crippen LogP contribution < -0.4 is 14.8 Å². The quantitative estimate of drug-likeness (QED) is 0.0674. The van der Waals surface area contributed by atoms with E-state index in [0.29, 0.717) is 41.0 Å². The topological polar surface area (TPSA) is 202 Å². The monoisotopic (exact) mass is 927 g/mol. The van der Waals surface area contributed by atoms with Crippen molar-refractivity contribution in [1.82, 2.24) is 15.2 Å². The van der Waals surface area contributed by atoms with Crippen molar-refractivity contribution in [1.29, 1.82) is 0 Å². The van der Waals surface area contributed by atoms with E-state index in [1.807, 2.05) is 30.5 Å². The molecule has 1 saturated heterocycles. The minimum absolute atomic E-state index is 0.0363. The first kappa shape index (κ1) is 45.8. The molecule has 15 heteroatoms. The number of amides is 1. The zero-order chi connectivity index (χ0) is 47.1. The summed E-state index contributed by atoms with van der Waals surface area (Å²) in [6, 6.07) is 15.2. The van der Waals surface area contributed by atoms with Crippen LogP contribution in [0.15, 0.2) is 60.8 Å². The van der Waals surface area contributed by atoms with Crippen LogP contribution in [0.4, 0.5) is 0 Å². The Morgan fingerprint density at radius 3 is 2.71 bits per heavy atom. The van der Waals surface area contributed by atoms with Crippen molar-refractivity contribution >= 4 is 39.4 Å². The number of Topliss-reactive ketones (excluding diaryl/α,β-unsaturated/α-hetero) is 1. The second-order valence-electron chi connectivity index (χ2n) is 18.5. The number of carbonyl (C=O) groups is 2. The van der Waals surface area contributed by atoms with E-state index in [4.69, 9.17) is 28.4 Å². The number of aromatic nitrogens is 1. The number of aromatic hydroxyl groups is 1. The molecule has 10 rings (SSSR count). The lowest BCUT2D eigenvalue weighted by molar-refractivity contribution is -0.328. The molecular weight excluding hydrogens is 871 g/mol. The Hall–Kier alpha value is -5.96. The molecule has 0 radical (unpaired) electrons. The SMILES string of the molecule is COCCCCNCc1ccc2[nH]cc([C@H]3/C=C/c4c(OC)cc5cc(C6CCCC6)c6c(O)c5c4O[C@H]4O[C@H](CO3)[C@@H](O)[C@H](OC#CCc3cccc5c3CN(CC6=O)C5=O)[C@]4(O)CO)c2c1. The van der Waals surface area contributed by atoms with E-state index in [0.717, 1.165) is 78.2 Å². The van der Waals surface area contributed by atoms with Crippen molar-refractivity contribution in [2.45, 2.75) is 100 Å². The maximum atomic E-state index is 14.9. The molecule has 6 atom stereocenters. The predicted molar refractivity (Wildman–Crippen MR) is 251 cm³/mol. The molecule has 2 fully saturated rings. The van der Waals surface area contributed by atoms with Crippen molar-refractivity contribution in [3.05, 3.63) is 105 Å². The first-order valence-corrected chi connectivity index (χ1v) is 23.5. The number of carbonyl (C=O) groups excluding carboxylic acids is 2. The van der Waals surface area contributed by atoms with Crippen molar-refractivity contribution in [2.24, 2.45) is 0 Å². The number of rotatable bonds is 11. The number of hydrogen-bond acceptors (Lipinski definition) is 13. The van der Waals surface area contributed by atoms with Crippen LogP contribution in [0.5, 0.6) is 17.2 Å². The summed E-state index contributed by atoms with van der Waals surface area (Å²) in [6.45, 7) is 0.808. The van der Waals surface area contributed by atoms with Crippen molar-refractivity contribution < 1.29 is 58.4 Å². The van der Waals surface area contributed by atoms with E-state index < -0.39 is 48.7 Å². The fourth-order valence-corrected chi connectivity index (χ4v) is 10.7. The molecule has 4 aliphatic heterocycles. The Labute approximate surface area is 393 Å². The number of H-pyrrole nitrogens is 1. The van der Waals surface area contributed by atoms with Gasteiger partial charge in [0.05, 0.1) is 43.4 Å². The fourth-order valence-electron chi connectivity index (χ4n) is 10.7. The number of aliphatic hydroxyl groups excluding tert-OH is 2. The van der Waals surface area contributed by atoms with E-state index >= 15 is 0 Å². The standard InChI is InChI=1S/C53H57N3O12/c1-63-19-6-5-18-54-24-30-14-16-40-37(21-30)38(25-55-40)42-17-15-35-43(64-2)23-33-22-36(31-9-3-4-10-31)46-41(58)27-56-26-39-32(11-7-13-34(39)51(56)61)12-8-20-65-50-47(59)44(28-66-42)67-52(53(50,62)29-57)68-49(35)45(33)48(46)60/h7,11,13-17,21-23,25,31,42,44,47,50,52,54-55,57,59-60,62H,3-6,9-10,12,18-19,24,26-29H2,1-2H3/b17-15+/t42-,44-,47-,50+,52-,53-/m1/s1. The lowest BCUT2D eigenvalue weighted by Crippen LogP contribution is -2.70. The molecule has 1 amide bonds. The summed E-state index contributed by atoms with van der Waals surface area (Å²) in [5.41, 5.74) is 3.20. The Kier molecular flexibility index (Phi) is 12.9. The molecule has 6 N–H and O–H groups in total. The molecule has 356 valence electrons. The second kappa shape index (κ2) is 19.2. The number of phenolic OH excluding ortho intramolecular Hbond substituents is 1. The van der Waals surface area contributed by atoms with Crippen LogP contribution in [-0.2, 0) is 38.5 Å². The summed E-state index contributed by atoms with van der Waals surface area (Å²) in [4.78, 5) is 33.7.